The van der Waals surface area contributed by atoms with Gasteiger partial charge in [0.25, 0.3) is 0 Å². The second-order valence-electron chi connectivity index (χ2n) is 30.6. The van der Waals surface area contributed by atoms with Crippen LogP contribution in [0.1, 0.15) is 145 Å². The van der Waals surface area contributed by atoms with E-state index in [1.165, 1.54) is 0 Å². The number of alkyl carbamates (subject to hydrolysis) is 3. The van der Waals surface area contributed by atoms with Crippen LogP contribution in [0.5, 0.6) is 0 Å². The second-order valence-corrected chi connectivity index (χ2v) is 30.6. The second kappa shape index (κ2) is 58.1. The monoisotopic (exact) mass is 1850 g/mol. The molecule has 0 aliphatic rings. The maximum atomic E-state index is 13.8. The number of benzene rings is 12. The molecule has 0 aliphatic heterocycles. The number of amides is 6. The topological polar surface area (TPSA) is 420 Å². The Morgan fingerprint density at radius 2 is 0.485 bits per heavy atom. The third-order valence-electron chi connectivity index (χ3n) is 21.4. The summed E-state index contributed by atoms with van der Waals surface area (Å²) in [5, 5.41) is 36.0. The standard InChI is InChI=1S/C37H38N2O6.C35H34N2O6.C32H30N2O5.C4H9NO2.Na.H2O/c1-2-44-35(42)26-24-33(40)32(38-36(43)45-27-28-15-7-3-8-16-28)23-25-34(41)39-37(29-17-9-4-10-18-29,30-19-11-5-12-20-30)31-21-13-6-14-22-31;38-31(22-24-33(40)41)30(36-34(42)43-25-26-13-5-1-6-14-26)21-23-32(39)37-35(27-15-7-2-8-16-27,28-17-9-3-10-18-28)29-19-11-4-12-20-29;35-29(22-21-28(30(36)37)33-31(38)39-23-24-13-5-1-6-14-24)34-32(25-15-7-2-8-16-25,26-17-9-3-10-18-26)27-19-11-4-12-20-27;1-2-7-4(6)3-5;;/h3-22,32H,2,23-27H2,1H3,(H,38,43)(H,39,41);1-20,30H,21-25H2,(H,36,42)(H,37,39)(H,40,41);1-20,28H,21-23H2,(H,33,38)(H,34,35)(H,36,37);2-3,5H2,1H3;;1H2/q;;;;+1;/p-1/t32-;30-;28-;;;/m000.../s1. The van der Waals surface area contributed by atoms with Gasteiger partial charge in [0.2, 0.25) is 17.7 Å². The number of hydrogen-bond acceptors (Lipinski definition) is 19. The predicted octanol–water partition coefficient (Wildman–Crippen LogP) is 13.3. The van der Waals surface area contributed by atoms with Gasteiger partial charge in [-0.1, -0.05) is 364 Å². The first-order chi connectivity index (χ1) is 65.1. The van der Waals surface area contributed by atoms with E-state index in [2.05, 4.69) is 36.6 Å². The summed E-state index contributed by atoms with van der Waals surface area (Å²) in [6, 6.07) is 111. The summed E-state index contributed by atoms with van der Waals surface area (Å²) >= 11 is 0. The molecule has 0 radical (unpaired) electrons. The van der Waals surface area contributed by atoms with Crippen LogP contribution in [-0.2, 0) is 103 Å². The van der Waals surface area contributed by atoms with E-state index in [-0.39, 0.29) is 156 Å². The molecule has 11 N–H and O–H groups in total. The molecule has 12 aromatic carbocycles. The molecule has 0 fully saturated rings. The van der Waals surface area contributed by atoms with Crippen molar-refractivity contribution in [1.29, 1.82) is 0 Å². The Bertz CT molecular complexity index is 5380. The molecular formula is C108H112N7NaO20. The summed E-state index contributed by atoms with van der Waals surface area (Å²) < 4.78 is 25.2. The van der Waals surface area contributed by atoms with Crippen molar-refractivity contribution in [2.45, 2.75) is 133 Å². The van der Waals surface area contributed by atoms with Gasteiger partial charge in [0.1, 0.15) is 42.5 Å². The molecular weight excluding hydrogens is 1740 g/mol. The van der Waals surface area contributed by atoms with E-state index >= 15 is 0 Å². The van der Waals surface area contributed by atoms with Gasteiger partial charge in [-0.05, 0) is 99.9 Å². The van der Waals surface area contributed by atoms with Gasteiger partial charge in [-0.15, -0.1) is 0 Å². The van der Waals surface area contributed by atoms with Crippen molar-refractivity contribution in [2.24, 2.45) is 5.73 Å². The molecule has 0 unspecified atom stereocenters. The van der Waals surface area contributed by atoms with E-state index in [0.29, 0.717) is 6.61 Å². The van der Waals surface area contributed by atoms with Crippen molar-refractivity contribution in [2.75, 3.05) is 19.8 Å². The number of esters is 2. The van der Waals surface area contributed by atoms with Crippen LogP contribution < -0.4 is 67.2 Å². The van der Waals surface area contributed by atoms with Crippen LogP contribution in [0.15, 0.2) is 364 Å². The van der Waals surface area contributed by atoms with E-state index in [1.807, 2.05) is 340 Å². The first kappa shape index (κ1) is 108. The van der Waals surface area contributed by atoms with Crippen molar-refractivity contribution in [3.8, 4) is 0 Å². The molecule has 27 nitrogen and oxygen atoms in total. The number of carbonyl (C=O) groups is 12. The third kappa shape index (κ3) is 33.6. The zero-order valence-corrected chi connectivity index (χ0v) is 78.0. The Labute approximate surface area is 813 Å². The number of nitrogens with two attached hydrogens (primary N) is 1. The molecule has 0 heterocycles. The minimum atomic E-state index is -1.29. The number of ketones is 2. The molecule has 0 aliphatic carbocycles. The van der Waals surface area contributed by atoms with E-state index in [1.54, 1.807) is 38.1 Å². The number of carbonyl (C=O) groups excluding carboxylic acids is 10. The Hall–Kier alpha value is -15.0. The van der Waals surface area contributed by atoms with E-state index in [9.17, 15) is 62.6 Å². The molecule has 12 rings (SSSR count). The maximum absolute atomic E-state index is 13.8. The fourth-order valence-electron chi connectivity index (χ4n) is 14.8. The van der Waals surface area contributed by atoms with Crippen LogP contribution in [0.2, 0.25) is 0 Å². The number of carboxylic acids is 2. The Balaban J connectivity index is 0.000000267. The number of Topliss-reactive ketones (excluding diaryl/α,β-unsaturated/α-hetero) is 2. The Morgan fingerprint density at radius 1 is 0.279 bits per heavy atom. The number of carboxylic acid groups (broad SMARTS) is 2. The van der Waals surface area contributed by atoms with Crippen LogP contribution in [0.4, 0.5) is 14.4 Å². The number of ether oxygens (including phenoxy) is 5. The fraction of sp³-hybridized carbons (Fsp3) is 0.222. The summed E-state index contributed by atoms with van der Waals surface area (Å²) in [7, 11) is 0. The van der Waals surface area contributed by atoms with Gasteiger partial charge in [0.05, 0.1) is 44.7 Å². The smallest absolute Gasteiger partial charge is 0.870 e. The van der Waals surface area contributed by atoms with E-state index < -0.39 is 82.5 Å². The first-order valence-corrected chi connectivity index (χ1v) is 44.0. The Morgan fingerprint density at radius 3 is 0.691 bits per heavy atom. The normalized spacial score (nSPS) is 11.3. The van der Waals surface area contributed by atoms with Gasteiger partial charge >= 0.3 is 71.7 Å². The minimum Gasteiger partial charge on any atom is -0.870 e. The molecule has 28 heteroatoms. The molecule has 12 aromatic rings. The van der Waals surface area contributed by atoms with Gasteiger partial charge in [-0.2, -0.15) is 0 Å². The molecule has 0 spiro atoms. The zero-order valence-electron chi connectivity index (χ0n) is 76.0. The van der Waals surface area contributed by atoms with E-state index in [4.69, 9.17) is 29.8 Å². The van der Waals surface area contributed by atoms with Gasteiger partial charge in [0.15, 0.2) is 11.6 Å². The van der Waals surface area contributed by atoms with Crippen LogP contribution in [0.3, 0.4) is 0 Å². The summed E-state index contributed by atoms with van der Waals surface area (Å²) in [5.74, 6) is -5.16. The predicted molar refractivity (Wildman–Crippen MR) is 508 cm³/mol. The summed E-state index contributed by atoms with van der Waals surface area (Å²) in [5.41, 5.74) is 11.8. The zero-order chi connectivity index (χ0) is 95.6. The summed E-state index contributed by atoms with van der Waals surface area (Å²) in [6.07, 6.45) is -3.92. The maximum Gasteiger partial charge on any atom is 1.00 e. The number of nitrogens with one attached hydrogen (secondary N) is 6. The fourth-order valence-corrected chi connectivity index (χ4v) is 14.8. The number of aliphatic carboxylic acids is 2. The van der Waals surface area contributed by atoms with Crippen LogP contribution >= 0.6 is 0 Å². The van der Waals surface area contributed by atoms with Crippen molar-refractivity contribution >= 4 is 71.4 Å². The average molecular weight is 1850 g/mol. The van der Waals surface area contributed by atoms with Crippen LogP contribution in [0.25, 0.3) is 0 Å². The molecule has 0 bridgehead atoms. The molecule has 3 atom stereocenters. The third-order valence-corrected chi connectivity index (χ3v) is 21.4. The molecule has 6 amide bonds. The van der Waals surface area contributed by atoms with Gasteiger partial charge in [0, 0.05) is 32.1 Å². The van der Waals surface area contributed by atoms with Gasteiger partial charge in [-0.3, -0.25) is 38.4 Å². The van der Waals surface area contributed by atoms with Crippen molar-refractivity contribution in [3.63, 3.8) is 0 Å². The van der Waals surface area contributed by atoms with Crippen LogP contribution in [-0.4, -0.2) is 125 Å². The molecule has 0 saturated heterocycles. The number of rotatable bonds is 42. The summed E-state index contributed by atoms with van der Waals surface area (Å²) in [4.78, 5) is 150. The van der Waals surface area contributed by atoms with E-state index in [0.717, 1.165) is 66.8 Å². The minimum absolute atomic E-state index is 0. The van der Waals surface area contributed by atoms with Gasteiger partial charge < -0.3 is 77.0 Å². The molecule has 136 heavy (non-hydrogen) atoms. The SMILES string of the molecule is CCOC(=O)CCC(=O)[C@H](CCC(=O)NC(c1ccccc1)(c1ccccc1)c1ccccc1)NC(=O)OCc1ccccc1.CCOC(=O)CN.O=C(CC[C@H](NC(=O)OCc1ccccc1)C(=O)O)NC(c1ccccc1)(c1ccccc1)c1ccccc1.O=C(O)CCC(=O)[C@H](CCC(=O)NC(c1ccccc1)(c1ccccc1)c1ccccc1)NC(=O)OCc1ccccc1.[Na+].[OH-]. The van der Waals surface area contributed by atoms with Crippen molar-refractivity contribution < 1.29 is 126 Å². The Kier molecular flexibility index (Phi) is 46.2. The van der Waals surface area contributed by atoms with Crippen molar-refractivity contribution in [1.82, 2.24) is 31.9 Å². The summed E-state index contributed by atoms with van der Waals surface area (Å²) in [6.45, 7) is 4.05. The number of hydrogen-bond donors (Lipinski definition) is 9. The molecule has 0 saturated carbocycles. The van der Waals surface area contributed by atoms with Gasteiger partial charge in [-0.25, -0.2) is 19.2 Å². The largest absolute Gasteiger partial charge is 1.00 e. The van der Waals surface area contributed by atoms with Crippen LogP contribution in [0, 0.1) is 0 Å². The molecule has 700 valence electrons. The first-order valence-electron chi connectivity index (χ1n) is 44.0. The molecule has 0 aromatic heterocycles. The quantitative estimate of drug-likeness (QED) is 0.00742. The van der Waals surface area contributed by atoms with Crippen molar-refractivity contribution in [3.05, 3.63) is 431 Å². The average Bonchev–Trinajstić information content (AvgIpc) is 0.763.